The number of aliphatic carboxylic acids is 1. The number of halogens is 1. The molecule has 2 aromatic rings. The third-order valence-electron chi connectivity index (χ3n) is 3.60. The maximum atomic E-state index is 10.8. The molecule has 1 heterocycles. The Morgan fingerprint density at radius 1 is 1.50 bits per heavy atom. The van der Waals surface area contributed by atoms with Crippen LogP contribution in [0.3, 0.4) is 0 Å². The number of nitrogens with zero attached hydrogens (tertiary/aromatic N) is 1. The molecular weight excluding hydrogens is 276 g/mol. The molecule has 0 aliphatic rings. The molecule has 0 fully saturated rings. The molecular formula is C15H19ClN2O2. The average Bonchev–Trinajstić information content (AvgIpc) is 2.77. The van der Waals surface area contributed by atoms with E-state index in [0.717, 1.165) is 29.6 Å². The molecule has 2 N–H and O–H groups in total. The molecule has 1 unspecified atom stereocenters. The van der Waals surface area contributed by atoms with E-state index < -0.39 is 5.97 Å². The number of carbonyl (C=O) groups is 1. The van der Waals surface area contributed by atoms with Gasteiger partial charge in [-0.05, 0) is 31.2 Å². The number of hydrogen-bond donors (Lipinski definition) is 2. The predicted octanol–water partition coefficient (Wildman–Crippen LogP) is 3.51. The van der Waals surface area contributed by atoms with Gasteiger partial charge in [0.2, 0.25) is 0 Å². The Morgan fingerprint density at radius 2 is 2.25 bits per heavy atom. The summed E-state index contributed by atoms with van der Waals surface area (Å²) in [6.07, 6.45) is 2.12. The molecule has 1 atom stereocenters. The van der Waals surface area contributed by atoms with Gasteiger partial charge in [0, 0.05) is 34.7 Å². The Kier molecular flexibility index (Phi) is 4.68. The molecule has 0 amide bonds. The third-order valence-corrected chi connectivity index (χ3v) is 3.84. The minimum atomic E-state index is -0.762. The molecule has 0 bridgehead atoms. The van der Waals surface area contributed by atoms with Gasteiger partial charge in [-0.3, -0.25) is 9.69 Å². The summed E-state index contributed by atoms with van der Waals surface area (Å²) in [7, 11) is 0. The van der Waals surface area contributed by atoms with Crippen LogP contribution in [0.2, 0.25) is 5.02 Å². The molecule has 0 saturated carbocycles. The molecule has 108 valence electrons. The average molecular weight is 295 g/mol. The van der Waals surface area contributed by atoms with E-state index >= 15 is 0 Å². The van der Waals surface area contributed by atoms with Crippen LogP contribution in [0.4, 0.5) is 0 Å². The van der Waals surface area contributed by atoms with Crippen molar-refractivity contribution >= 4 is 28.5 Å². The van der Waals surface area contributed by atoms with Crippen molar-refractivity contribution in [3.8, 4) is 0 Å². The number of aromatic nitrogens is 1. The van der Waals surface area contributed by atoms with Crippen molar-refractivity contribution in [3.63, 3.8) is 0 Å². The van der Waals surface area contributed by atoms with Crippen LogP contribution >= 0.6 is 11.6 Å². The smallest absolute Gasteiger partial charge is 0.304 e. The number of H-pyrrole nitrogens is 1. The normalized spacial score (nSPS) is 13.0. The van der Waals surface area contributed by atoms with E-state index in [1.165, 1.54) is 0 Å². The first kappa shape index (κ1) is 14.9. The Balaban J connectivity index is 2.19. The number of benzene rings is 1. The fourth-order valence-corrected chi connectivity index (χ4v) is 2.64. The molecule has 2 rings (SSSR count). The van der Waals surface area contributed by atoms with Crippen molar-refractivity contribution < 1.29 is 9.90 Å². The Bertz CT molecular complexity index is 609. The molecule has 0 aliphatic carbocycles. The van der Waals surface area contributed by atoms with E-state index in [1.54, 1.807) is 0 Å². The van der Waals surface area contributed by atoms with E-state index in [0.29, 0.717) is 5.02 Å². The lowest BCUT2D eigenvalue weighted by Crippen LogP contribution is -2.34. The lowest BCUT2D eigenvalue weighted by Gasteiger charge is -2.26. The molecule has 4 nitrogen and oxygen atoms in total. The fraction of sp³-hybridized carbons (Fsp3) is 0.400. The van der Waals surface area contributed by atoms with E-state index in [-0.39, 0.29) is 12.5 Å². The number of carboxylic acid groups (broad SMARTS) is 1. The maximum Gasteiger partial charge on any atom is 0.304 e. The first-order chi connectivity index (χ1) is 9.51. The zero-order valence-electron chi connectivity index (χ0n) is 11.7. The van der Waals surface area contributed by atoms with Gasteiger partial charge in [-0.1, -0.05) is 24.6 Å². The Morgan fingerprint density at radius 3 is 2.90 bits per heavy atom. The summed E-state index contributed by atoms with van der Waals surface area (Å²) in [6, 6.07) is 5.78. The van der Waals surface area contributed by atoms with Crippen molar-refractivity contribution in [2.75, 3.05) is 6.54 Å². The van der Waals surface area contributed by atoms with E-state index in [4.69, 9.17) is 16.7 Å². The Labute approximate surface area is 123 Å². The lowest BCUT2D eigenvalue weighted by atomic mass is 10.1. The highest BCUT2D eigenvalue weighted by Gasteiger charge is 2.17. The molecule has 5 heteroatoms. The fourth-order valence-electron chi connectivity index (χ4n) is 2.47. The zero-order chi connectivity index (χ0) is 14.7. The van der Waals surface area contributed by atoms with Crippen molar-refractivity contribution in [2.45, 2.75) is 32.9 Å². The van der Waals surface area contributed by atoms with Crippen LogP contribution < -0.4 is 0 Å². The summed E-state index contributed by atoms with van der Waals surface area (Å²) in [5.41, 5.74) is 2.17. The topological polar surface area (TPSA) is 56.3 Å². The molecule has 20 heavy (non-hydrogen) atoms. The largest absolute Gasteiger partial charge is 0.481 e. The summed E-state index contributed by atoms with van der Waals surface area (Å²) in [6.45, 7) is 5.54. The van der Waals surface area contributed by atoms with Gasteiger partial charge >= 0.3 is 5.97 Å². The van der Waals surface area contributed by atoms with Crippen LogP contribution in [0, 0.1) is 0 Å². The van der Waals surface area contributed by atoms with Crippen LogP contribution in [0.5, 0.6) is 0 Å². The molecule has 1 aromatic carbocycles. The second kappa shape index (κ2) is 6.29. The highest BCUT2D eigenvalue weighted by Crippen LogP contribution is 2.23. The SMILES string of the molecule is CCN(Cc1c[nH]c2cc(Cl)ccc12)C(C)CC(=O)O. The minimum Gasteiger partial charge on any atom is -0.481 e. The number of nitrogens with one attached hydrogen (secondary N) is 1. The number of fused-ring (bicyclic) bond motifs is 1. The summed E-state index contributed by atoms with van der Waals surface area (Å²) in [5, 5.41) is 10.7. The van der Waals surface area contributed by atoms with Gasteiger partial charge in [-0.25, -0.2) is 0 Å². The number of rotatable bonds is 6. The zero-order valence-corrected chi connectivity index (χ0v) is 12.4. The molecule has 0 aliphatic heterocycles. The van der Waals surface area contributed by atoms with Gasteiger partial charge in [0.1, 0.15) is 0 Å². The summed E-state index contributed by atoms with van der Waals surface area (Å²) in [4.78, 5) is 16.2. The second-order valence-corrected chi connectivity index (χ2v) is 5.45. The maximum absolute atomic E-state index is 10.8. The van der Waals surface area contributed by atoms with Gasteiger partial charge in [-0.15, -0.1) is 0 Å². The lowest BCUT2D eigenvalue weighted by molar-refractivity contribution is -0.138. The van der Waals surface area contributed by atoms with Crippen molar-refractivity contribution in [3.05, 3.63) is 35.0 Å². The van der Waals surface area contributed by atoms with Gasteiger partial charge in [0.15, 0.2) is 0 Å². The van der Waals surface area contributed by atoms with E-state index in [2.05, 4.69) is 9.88 Å². The second-order valence-electron chi connectivity index (χ2n) is 5.01. The number of hydrogen-bond acceptors (Lipinski definition) is 2. The molecule has 0 radical (unpaired) electrons. The van der Waals surface area contributed by atoms with Crippen LogP contribution in [0.25, 0.3) is 10.9 Å². The first-order valence-corrected chi connectivity index (χ1v) is 7.10. The summed E-state index contributed by atoms with van der Waals surface area (Å²) in [5.74, 6) is -0.762. The third kappa shape index (κ3) is 3.32. The van der Waals surface area contributed by atoms with E-state index in [9.17, 15) is 4.79 Å². The predicted molar refractivity (Wildman–Crippen MR) is 81.1 cm³/mol. The summed E-state index contributed by atoms with van der Waals surface area (Å²) >= 11 is 5.97. The number of aromatic amines is 1. The van der Waals surface area contributed by atoms with Gasteiger partial charge < -0.3 is 10.1 Å². The van der Waals surface area contributed by atoms with Crippen molar-refractivity contribution in [1.29, 1.82) is 0 Å². The quantitative estimate of drug-likeness (QED) is 0.857. The first-order valence-electron chi connectivity index (χ1n) is 6.72. The van der Waals surface area contributed by atoms with Crippen LogP contribution in [-0.4, -0.2) is 33.5 Å². The molecule has 0 saturated heterocycles. The van der Waals surface area contributed by atoms with Crippen LogP contribution in [0.15, 0.2) is 24.4 Å². The number of carboxylic acids is 1. The van der Waals surface area contributed by atoms with E-state index in [1.807, 2.05) is 38.2 Å². The van der Waals surface area contributed by atoms with Crippen molar-refractivity contribution in [2.24, 2.45) is 0 Å². The monoisotopic (exact) mass is 294 g/mol. The Hall–Kier alpha value is -1.52. The van der Waals surface area contributed by atoms with Gasteiger partial charge in [0.25, 0.3) is 0 Å². The minimum absolute atomic E-state index is 0.00903. The van der Waals surface area contributed by atoms with Gasteiger partial charge in [-0.2, -0.15) is 0 Å². The highest BCUT2D eigenvalue weighted by atomic mass is 35.5. The van der Waals surface area contributed by atoms with Gasteiger partial charge in [0.05, 0.1) is 6.42 Å². The highest BCUT2D eigenvalue weighted by molar-refractivity contribution is 6.31. The standard InChI is InChI=1S/C15H19ClN2O2/c1-3-18(10(2)6-15(19)20)9-11-8-17-14-7-12(16)4-5-13(11)14/h4-5,7-8,10,17H,3,6,9H2,1-2H3,(H,19,20). The van der Waals surface area contributed by atoms with Crippen molar-refractivity contribution in [1.82, 2.24) is 9.88 Å². The molecule has 1 aromatic heterocycles. The van der Waals surface area contributed by atoms with Crippen LogP contribution in [0.1, 0.15) is 25.8 Å². The summed E-state index contributed by atoms with van der Waals surface area (Å²) < 4.78 is 0. The molecule has 0 spiro atoms. The van der Waals surface area contributed by atoms with Crippen LogP contribution in [-0.2, 0) is 11.3 Å².